The van der Waals surface area contributed by atoms with Gasteiger partial charge in [0.2, 0.25) is 0 Å². The van der Waals surface area contributed by atoms with Gasteiger partial charge in [-0.2, -0.15) is 0 Å². The van der Waals surface area contributed by atoms with Gasteiger partial charge in [0.05, 0.1) is 6.61 Å². The molecule has 0 heterocycles. The van der Waals surface area contributed by atoms with Crippen molar-refractivity contribution < 1.29 is 4.74 Å². The molecule has 0 saturated carbocycles. The van der Waals surface area contributed by atoms with Crippen LogP contribution in [0, 0.1) is 0 Å². The third-order valence-corrected chi connectivity index (χ3v) is 3.03. The van der Waals surface area contributed by atoms with Crippen LogP contribution < -0.4 is 5.73 Å². The molecule has 0 saturated heterocycles. The summed E-state index contributed by atoms with van der Waals surface area (Å²) in [5.41, 5.74) is 7.81. The van der Waals surface area contributed by atoms with E-state index >= 15 is 0 Å². The largest absolute Gasteiger partial charge is 0.399 e. The van der Waals surface area contributed by atoms with Gasteiger partial charge in [0.25, 0.3) is 0 Å². The molecule has 0 amide bonds. The summed E-state index contributed by atoms with van der Waals surface area (Å²) in [7, 11) is 0. The Morgan fingerprint density at radius 3 is 2.44 bits per heavy atom. The Balaban J connectivity index is 2.26. The van der Waals surface area contributed by atoms with Gasteiger partial charge in [0.15, 0.2) is 0 Å². The highest BCUT2D eigenvalue weighted by Crippen LogP contribution is 2.08. The second-order valence-corrected chi connectivity index (χ2v) is 4.58. The summed E-state index contributed by atoms with van der Waals surface area (Å²) < 4.78 is 5.60. The summed E-state index contributed by atoms with van der Waals surface area (Å²) in [5, 5.41) is 0. The van der Waals surface area contributed by atoms with Crippen LogP contribution in [0.3, 0.4) is 0 Å². The lowest BCUT2D eigenvalue weighted by Crippen LogP contribution is -2.27. The van der Waals surface area contributed by atoms with Gasteiger partial charge in [-0.15, -0.1) is 0 Å². The summed E-state index contributed by atoms with van der Waals surface area (Å²) in [6.45, 7) is 9.07. The van der Waals surface area contributed by atoms with Crippen LogP contribution >= 0.6 is 0 Å². The third kappa shape index (κ3) is 6.03. The van der Waals surface area contributed by atoms with E-state index in [2.05, 4.69) is 30.9 Å². The van der Waals surface area contributed by atoms with Crippen molar-refractivity contribution in [2.75, 3.05) is 32.0 Å². The van der Waals surface area contributed by atoms with E-state index in [1.54, 1.807) is 0 Å². The summed E-state index contributed by atoms with van der Waals surface area (Å²) >= 11 is 0. The summed E-state index contributed by atoms with van der Waals surface area (Å²) in [5.74, 6) is 0. The Labute approximate surface area is 111 Å². The Morgan fingerprint density at radius 1 is 1.11 bits per heavy atom. The molecule has 0 atom stereocenters. The fourth-order valence-electron chi connectivity index (χ4n) is 1.77. The molecular formula is C15H26N2O. The number of anilines is 1. The van der Waals surface area contributed by atoms with Crippen molar-refractivity contribution in [3.8, 4) is 0 Å². The van der Waals surface area contributed by atoms with Gasteiger partial charge in [-0.05, 0) is 30.7 Å². The van der Waals surface area contributed by atoms with Gasteiger partial charge < -0.3 is 10.5 Å². The maximum Gasteiger partial charge on any atom is 0.0593 e. The van der Waals surface area contributed by atoms with Gasteiger partial charge in [0, 0.05) is 25.4 Å². The molecule has 3 heteroatoms. The Bertz CT molecular complexity index is 311. The first-order chi connectivity index (χ1) is 8.76. The van der Waals surface area contributed by atoms with Crippen molar-refractivity contribution in [3.63, 3.8) is 0 Å². The quantitative estimate of drug-likeness (QED) is 0.541. The molecule has 0 unspecified atom stereocenters. The number of hydrogen-bond acceptors (Lipinski definition) is 3. The molecule has 0 bridgehead atoms. The number of ether oxygens (including phenoxy) is 1. The summed E-state index contributed by atoms with van der Waals surface area (Å²) in [6, 6.07) is 8.10. The van der Waals surface area contributed by atoms with Crippen LogP contribution in [-0.2, 0) is 11.3 Å². The molecule has 0 aliphatic rings. The molecule has 1 aromatic rings. The van der Waals surface area contributed by atoms with Gasteiger partial charge in [-0.3, -0.25) is 4.90 Å². The maximum absolute atomic E-state index is 5.68. The molecule has 1 aromatic carbocycles. The third-order valence-electron chi connectivity index (χ3n) is 3.03. The smallest absolute Gasteiger partial charge is 0.0593 e. The zero-order valence-electron chi connectivity index (χ0n) is 11.7. The van der Waals surface area contributed by atoms with E-state index in [-0.39, 0.29) is 0 Å². The van der Waals surface area contributed by atoms with E-state index in [4.69, 9.17) is 10.5 Å². The zero-order chi connectivity index (χ0) is 13.2. The first kappa shape index (κ1) is 15.0. The fourth-order valence-corrected chi connectivity index (χ4v) is 1.77. The molecule has 18 heavy (non-hydrogen) atoms. The lowest BCUT2D eigenvalue weighted by Gasteiger charge is -2.20. The first-order valence-electron chi connectivity index (χ1n) is 6.90. The standard InChI is InChI=1S/C15H26N2O/c1-3-5-11-18-12-10-17(4-2)13-14-6-8-15(16)9-7-14/h6-9H,3-5,10-13,16H2,1-2H3. The van der Waals surface area contributed by atoms with Crippen LogP contribution in [0.1, 0.15) is 32.3 Å². The minimum Gasteiger partial charge on any atom is -0.399 e. The Hall–Kier alpha value is -1.06. The summed E-state index contributed by atoms with van der Waals surface area (Å²) in [4.78, 5) is 2.39. The van der Waals surface area contributed by atoms with Crippen LogP contribution in [0.5, 0.6) is 0 Å². The van der Waals surface area contributed by atoms with E-state index in [1.807, 2.05) is 12.1 Å². The van der Waals surface area contributed by atoms with Crippen molar-refractivity contribution in [3.05, 3.63) is 29.8 Å². The van der Waals surface area contributed by atoms with Crippen LogP contribution in [-0.4, -0.2) is 31.2 Å². The SMILES string of the molecule is CCCCOCCN(CC)Cc1ccc(N)cc1. The molecule has 1 rings (SSSR count). The van der Waals surface area contributed by atoms with Gasteiger partial charge in [-0.25, -0.2) is 0 Å². The lowest BCUT2D eigenvalue weighted by atomic mass is 10.2. The van der Waals surface area contributed by atoms with Gasteiger partial charge in [0.1, 0.15) is 0 Å². The summed E-state index contributed by atoms with van der Waals surface area (Å²) in [6.07, 6.45) is 2.35. The lowest BCUT2D eigenvalue weighted by molar-refractivity contribution is 0.101. The van der Waals surface area contributed by atoms with Crippen LogP contribution in [0.4, 0.5) is 5.69 Å². The van der Waals surface area contributed by atoms with Crippen LogP contribution in [0.2, 0.25) is 0 Å². The number of benzene rings is 1. The monoisotopic (exact) mass is 250 g/mol. The molecule has 0 aliphatic carbocycles. The minimum atomic E-state index is 0.822. The van der Waals surface area contributed by atoms with Crippen molar-refractivity contribution in [2.45, 2.75) is 33.2 Å². The van der Waals surface area contributed by atoms with E-state index in [9.17, 15) is 0 Å². The number of rotatable bonds is 9. The molecule has 0 fully saturated rings. The molecule has 102 valence electrons. The number of nitrogen functional groups attached to an aromatic ring is 1. The molecular weight excluding hydrogens is 224 g/mol. The highest BCUT2D eigenvalue weighted by molar-refractivity contribution is 5.39. The van der Waals surface area contributed by atoms with Crippen molar-refractivity contribution in [1.82, 2.24) is 4.90 Å². The molecule has 0 aromatic heterocycles. The number of nitrogens with two attached hydrogens (primary N) is 1. The van der Waals surface area contributed by atoms with Crippen molar-refractivity contribution in [2.24, 2.45) is 0 Å². The highest BCUT2D eigenvalue weighted by Gasteiger charge is 2.03. The van der Waals surface area contributed by atoms with E-state index in [0.29, 0.717) is 0 Å². The first-order valence-corrected chi connectivity index (χ1v) is 6.90. The average molecular weight is 250 g/mol. The zero-order valence-corrected chi connectivity index (χ0v) is 11.7. The number of likely N-dealkylation sites (N-methyl/N-ethyl adjacent to an activating group) is 1. The predicted molar refractivity (Wildman–Crippen MR) is 77.5 cm³/mol. The minimum absolute atomic E-state index is 0.822. The second kappa shape index (κ2) is 8.95. The predicted octanol–water partition coefficient (Wildman–Crippen LogP) is 2.91. The van der Waals surface area contributed by atoms with Gasteiger partial charge >= 0.3 is 0 Å². The number of hydrogen-bond donors (Lipinski definition) is 1. The number of nitrogens with zero attached hydrogens (tertiary/aromatic N) is 1. The van der Waals surface area contributed by atoms with E-state index < -0.39 is 0 Å². The molecule has 3 nitrogen and oxygen atoms in total. The van der Waals surface area contributed by atoms with Crippen molar-refractivity contribution in [1.29, 1.82) is 0 Å². The average Bonchev–Trinajstić information content (AvgIpc) is 2.39. The van der Waals surface area contributed by atoms with E-state index in [1.165, 1.54) is 12.0 Å². The Kier molecular flexibility index (Phi) is 7.46. The molecule has 0 radical (unpaired) electrons. The highest BCUT2D eigenvalue weighted by atomic mass is 16.5. The number of unbranched alkanes of at least 4 members (excludes halogenated alkanes) is 1. The van der Waals surface area contributed by atoms with Crippen LogP contribution in [0.15, 0.2) is 24.3 Å². The Morgan fingerprint density at radius 2 is 1.83 bits per heavy atom. The topological polar surface area (TPSA) is 38.5 Å². The fraction of sp³-hybridized carbons (Fsp3) is 0.600. The van der Waals surface area contributed by atoms with Crippen LogP contribution in [0.25, 0.3) is 0 Å². The molecule has 0 aliphatic heterocycles. The van der Waals surface area contributed by atoms with E-state index in [0.717, 1.165) is 45.0 Å². The second-order valence-electron chi connectivity index (χ2n) is 4.58. The van der Waals surface area contributed by atoms with Gasteiger partial charge in [-0.1, -0.05) is 32.4 Å². The maximum atomic E-state index is 5.68. The molecule has 2 N–H and O–H groups in total. The molecule has 0 spiro atoms. The normalized spacial score (nSPS) is 11.1. The van der Waals surface area contributed by atoms with Crippen molar-refractivity contribution >= 4 is 5.69 Å².